The number of nitrogens with two attached hydrogens (primary N) is 1. The molecule has 0 saturated carbocycles. The average Bonchev–Trinajstić information content (AvgIpc) is 2.46. The monoisotopic (exact) mass is 274 g/mol. The van der Waals surface area contributed by atoms with Crippen LogP contribution in [0.4, 0.5) is 11.5 Å². The second-order valence-corrected chi connectivity index (χ2v) is 4.03. The van der Waals surface area contributed by atoms with Crippen LogP contribution < -0.4 is 15.8 Å². The minimum Gasteiger partial charge on any atom is -0.481 e. The molecule has 2 rings (SSSR count). The van der Waals surface area contributed by atoms with Crippen molar-refractivity contribution in [3.05, 3.63) is 41.7 Å². The number of ether oxygens (including phenoxy) is 1. The molecule has 0 amide bonds. The van der Waals surface area contributed by atoms with E-state index in [4.69, 9.17) is 15.6 Å². The predicted octanol–water partition coefficient (Wildman–Crippen LogP) is 1.38. The maximum Gasteiger partial charge on any atom is 0.339 e. The predicted molar refractivity (Wildman–Crippen MR) is 73.7 cm³/mol. The zero-order valence-corrected chi connectivity index (χ0v) is 10.8. The molecule has 0 aliphatic carbocycles. The van der Waals surface area contributed by atoms with Crippen molar-refractivity contribution < 1.29 is 14.6 Å². The van der Waals surface area contributed by atoms with E-state index in [9.17, 15) is 4.79 Å². The average molecular weight is 274 g/mol. The van der Waals surface area contributed by atoms with Crippen molar-refractivity contribution in [2.75, 3.05) is 18.2 Å². The molecule has 2 aromatic rings. The van der Waals surface area contributed by atoms with Gasteiger partial charge in [0.1, 0.15) is 11.4 Å². The van der Waals surface area contributed by atoms with Gasteiger partial charge < -0.3 is 20.9 Å². The molecule has 7 heteroatoms. The zero-order valence-electron chi connectivity index (χ0n) is 10.8. The minimum absolute atomic E-state index is 0.0338. The second-order valence-electron chi connectivity index (χ2n) is 4.03. The summed E-state index contributed by atoms with van der Waals surface area (Å²) in [5.74, 6) is -0.298. The molecule has 0 unspecified atom stereocenters. The topological polar surface area (TPSA) is 110 Å². The molecule has 0 atom stereocenters. The number of nitrogen functional groups attached to an aromatic ring is 1. The number of aromatic nitrogens is 2. The summed E-state index contributed by atoms with van der Waals surface area (Å²) >= 11 is 0. The number of nitrogens with one attached hydrogen (secondary N) is 1. The van der Waals surface area contributed by atoms with Crippen LogP contribution in [0.3, 0.4) is 0 Å². The van der Waals surface area contributed by atoms with Gasteiger partial charge in [-0.1, -0.05) is 6.07 Å². The summed E-state index contributed by atoms with van der Waals surface area (Å²) in [6.07, 6.45) is 3.05. The summed E-state index contributed by atoms with van der Waals surface area (Å²) in [6, 6.07) is 4.92. The molecule has 4 N–H and O–H groups in total. The van der Waals surface area contributed by atoms with Crippen molar-refractivity contribution in [1.82, 2.24) is 9.97 Å². The van der Waals surface area contributed by atoms with Crippen molar-refractivity contribution >= 4 is 17.5 Å². The van der Waals surface area contributed by atoms with Gasteiger partial charge in [0.25, 0.3) is 0 Å². The van der Waals surface area contributed by atoms with Crippen LogP contribution in [0.5, 0.6) is 5.88 Å². The van der Waals surface area contributed by atoms with Gasteiger partial charge in [-0.15, -0.1) is 0 Å². The fourth-order valence-electron chi connectivity index (χ4n) is 1.61. The molecule has 20 heavy (non-hydrogen) atoms. The van der Waals surface area contributed by atoms with E-state index < -0.39 is 5.97 Å². The number of nitrogens with zero attached hydrogens (tertiary/aromatic N) is 2. The highest BCUT2D eigenvalue weighted by Crippen LogP contribution is 2.16. The summed E-state index contributed by atoms with van der Waals surface area (Å²) in [7, 11) is 1.54. The van der Waals surface area contributed by atoms with Crippen molar-refractivity contribution in [2.45, 2.75) is 6.54 Å². The molecule has 0 spiro atoms. The lowest BCUT2D eigenvalue weighted by Gasteiger charge is -2.09. The van der Waals surface area contributed by atoms with Gasteiger partial charge in [0.05, 0.1) is 19.0 Å². The SMILES string of the molecule is COc1ccc(CNc2ncc(N)cc2C(=O)O)cn1. The molecule has 0 saturated heterocycles. The first-order valence-electron chi connectivity index (χ1n) is 5.81. The van der Waals surface area contributed by atoms with Crippen molar-refractivity contribution in [3.8, 4) is 5.88 Å². The number of aromatic carboxylic acids is 1. The van der Waals surface area contributed by atoms with E-state index in [0.29, 0.717) is 18.1 Å². The third kappa shape index (κ3) is 3.14. The number of carboxylic acid groups (broad SMARTS) is 1. The highest BCUT2D eigenvalue weighted by molar-refractivity contribution is 5.94. The molecule has 0 radical (unpaired) electrons. The first-order chi connectivity index (χ1) is 9.60. The van der Waals surface area contributed by atoms with E-state index in [1.165, 1.54) is 19.4 Å². The molecular formula is C13H14N4O3. The van der Waals surface area contributed by atoms with Gasteiger partial charge in [-0.2, -0.15) is 0 Å². The number of hydrogen-bond donors (Lipinski definition) is 3. The lowest BCUT2D eigenvalue weighted by Crippen LogP contribution is -2.09. The molecule has 0 fully saturated rings. The van der Waals surface area contributed by atoms with Crippen LogP contribution in [0.2, 0.25) is 0 Å². The van der Waals surface area contributed by atoms with Gasteiger partial charge in [-0.25, -0.2) is 14.8 Å². The Balaban J connectivity index is 2.12. The highest BCUT2D eigenvalue weighted by atomic mass is 16.5. The molecule has 0 bridgehead atoms. The Bertz CT molecular complexity index is 614. The lowest BCUT2D eigenvalue weighted by molar-refractivity contribution is 0.0697. The first kappa shape index (κ1) is 13.6. The number of pyridine rings is 2. The van der Waals surface area contributed by atoms with Gasteiger partial charge in [0.2, 0.25) is 5.88 Å². The van der Waals surface area contributed by atoms with Gasteiger partial charge >= 0.3 is 5.97 Å². The molecular weight excluding hydrogens is 260 g/mol. The Labute approximate surface area is 115 Å². The number of hydrogen-bond acceptors (Lipinski definition) is 6. The van der Waals surface area contributed by atoms with Crippen LogP contribution in [0.15, 0.2) is 30.6 Å². The largest absolute Gasteiger partial charge is 0.481 e. The van der Waals surface area contributed by atoms with Gasteiger partial charge in [-0.3, -0.25) is 0 Å². The zero-order chi connectivity index (χ0) is 14.5. The van der Waals surface area contributed by atoms with Crippen LogP contribution in [0, 0.1) is 0 Å². The third-order valence-corrected chi connectivity index (χ3v) is 2.61. The molecule has 0 aliphatic rings. The van der Waals surface area contributed by atoms with Gasteiger partial charge in [-0.05, 0) is 11.6 Å². The smallest absolute Gasteiger partial charge is 0.339 e. The summed E-state index contributed by atoms with van der Waals surface area (Å²) in [5.41, 5.74) is 6.74. The summed E-state index contributed by atoms with van der Waals surface area (Å²) in [4.78, 5) is 19.2. The van der Waals surface area contributed by atoms with Crippen molar-refractivity contribution in [1.29, 1.82) is 0 Å². The van der Waals surface area contributed by atoms with Crippen LogP contribution in [-0.2, 0) is 6.54 Å². The Kier molecular flexibility index (Phi) is 3.99. The number of carboxylic acids is 1. The minimum atomic E-state index is -1.08. The lowest BCUT2D eigenvalue weighted by atomic mass is 10.2. The molecule has 2 aromatic heterocycles. The van der Waals surface area contributed by atoms with E-state index in [0.717, 1.165) is 5.56 Å². The number of carbonyl (C=O) groups is 1. The standard InChI is InChI=1S/C13H14N4O3/c1-20-11-3-2-8(5-15-11)6-16-12-10(13(18)19)4-9(14)7-17-12/h2-5,7H,6,14H2,1H3,(H,16,17)(H,18,19). The summed E-state index contributed by atoms with van der Waals surface area (Å²) in [5, 5.41) is 12.0. The van der Waals surface area contributed by atoms with Crippen LogP contribution in [0.25, 0.3) is 0 Å². The van der Waals surface area contributed by atoms with Crippen molar-refractivity contribution in [3.63, 3.8) is 0 Å². The molecule has 7 nitrogen and oxygen atoms in total. The normalized spacial score (nSPS) is 10.1. The highest BCUT2D eigenvalue weighted by Gasteiger charge is 2.11. The maximum absolute atomic E-state index is 11.1. The Morgan fingerprint density at radius 2 is 2.20 bits per heavy atom. The fourth-order valence-corrected chi connectivity index (χ4v) is 1.61. The number of anilines is 2. The van der Waals surface area contributed by atoms with Gasteiger partial charge in [0.15, 0.2) is 0 Å². The summed E-state index contributed by atoms with van der Waals surface area (Å²) in [6.45, 7) is 0.397. The van der Waals surface area contributed by atoms with Gasteiger partial charge in [0, 0.05) is 18.8 Å². The second kappa shape index (κ2) is 5.87. The molecule has 2 heterocycles. The first-order valence-corrected chi connectivity index (χ1v) is 5.81. The van der Waals surface area contributed by atoms with Crippen LogP contribution in [0.1, 0.15) is 15.9 Å². The Hall–Kier alpha value is -2.83. The van der Waals surface area contributed by atoms with Crippen LogP contribution in [-0.4, -0.2) is 28.2 Å². The van der Waals surface area contributed by atoms with E-state index in [2.05, 4.69) is 15.3 Å². The van der Waals surface area contributed by atoms with Crippen LogP contribution >= 0.6 is 0 Å². The number of rotatable bonds is 5. The Morgan fingerprint density at radius 3 is 2.80 bits per heavy atom. The summed E-state index contributed by atoms with van der Waals surface area (Å²) < 4.78 is 4.96. The molecule has 104 valence electrons. The fraction of sp³-hybridized carbons (Fsp3) is 0.154. The molecule has 0 aromatic carbocycles. The molecule has 0 aliphatic heterocycles. The third-order valence-electron chi connectivity index (χ3n) is 2.61. The number of methoxy groups -OCH3 is 1. The van der Waals surface area contributed by atoms with E-state index in [-0.39, 0.29) is 11.4 Å². The Morgan fingerprint density at radius 1 is 1.40 bits per heavy atom. The van der Waals surface area contributed by atoms with Crippen molar-refractivity contribution in [2.24, 2.45) is 0 Å². The van der Waals surface area contributed by atoms with E-state index in [1.54, 1.807) is 12.3 Å². The quantitative estimate of drug-likeness (QED) is 0.755. The van der Waals surface area contributed by atoms with E-state index in [1.807, 2.05) is 6.07 Å². The maximum atomic E-state index is 11.1. The van der Waals surface area contributed by atoms with E-state index >= 15 is 0 Å².